The molecule has 4 rings (SSSR count). The lowest BCUT2D eigenvalue weighted by molar-refractivity contribution is 0.0956. The van der Waals surface area contributed by atoms with E-state index in [0.717, 1.165) is 39.1 Å². The van der Waals surface area contributed by atoms with Gasteiger partial charge in [0.2, 0.25) is 0 Å². The van der Waals surface area contributed by atoms with E-state index in [-0.39, 0.29) is 5.91 Å². The summed E-state index contributed by atoms with van der Waals surface area (Å²) in [5.74, 6) is 0.660. The van der Waals surface area contributed by atoms with E-state index in [9.17, 15) is 4.79 Å². The van der Waals surface area contributed by atoms with Crippen LogP contribution >= 0.6 is 0 Å². The molecular formula is C19H20N6O. The third kappa shape index (κ3) is 2.48. The maximum absolute atomic E-state index is 12.1. The van der Waals surface area contributed by atoms with Gasteiger partial charge in [0, 0.05) is 37.3 Å². The van der Waals surface area contributed by atoms with Crippen LogP contribution in [0.5, 0.6) is 0 Å². The molecule has 0 aliphatic rings. The number of pyridine rings is 1. The summed E-state index contributed by atoms with van der Waals surface area (Å²) in [6, 6.07) is 9.62. The van der Waals surface area contributed by atoms with Crippen molar-refractivity contribution in [2.24, 2.45) is 7.05 Å². The molecule has 0 atom stereocenters. The molecule has 0 aliphatic carbocycles. The van der Waals surface area contributed by atoms with Gasteiger partial charge in [0.1, 0.15) is 11.2 Å². The number of aryl methyl sites for hydroxylation is 1. The molecule has 7 nitrogen and oxygen atoms in total. The summed E-state index contributed by atoms with van der Waals surface area (Å²) in [5.41, 5.74) is 5.12. The molecule has 3 aromatic heterocycles. The van der Waals surface area contributed by atoms with Crippen molar-refractivity contribution in [3.05, 3.63) is 42.2 Å². The van der Waals surface area contributed by atoms with E-state index in [1.807, 2.05) is 49.9 Å². The van der Waals surface area contributed by atoms with E-state index in [1.165, 1.54) is 0 Å². The lowest BCUT2D eigenvalue weighted by Crippen LogP contribution is -2.22. The zero-order valence-corrected chi connectivity index (χ0v) is 14.9. The highest BCUT2D eigenvalue weighted by Gasteiger charge is 2.15. The van der Waals surface area contributed by atoms with Crippen molar-refractivity contribution in [3.63, 3.8) is 0 Å². The third-order valence-corrected chi connectivity index (χ3v) is 4.45. The molecule has 3 N–H and O–H groups in total. The standard InChI is InChI=1S/C19H20N6O/c1-4-21-19(26)12-7-5-6-11(8-12)14-9-13-16-15(22-10-25(16)3)18(20-2)24-17(13)23-14/h5-10H,4H2,1-3H3,(H,21,26)(H2,20,23,24). The Balaban J connectivity index is 1.88. The maximum atomic E-state index is 12.1. The Morgan fingerprint density at radius 1 is 1.31 bits per heavy atom. The SMILES string of the molecule is CCNC(=O)c1cccc(-c2cc3c(nc(NC)c4ncn(C)c43)[nH]2)c1. The first-order valence-electron chi connectivity index (χ1n) is 8.52. The molecule has 26 heavy (non-hydrogen) atoms. The third-order valence-electron chi connectivity index (χ3n) is 4.45. The minimum atomic E-state index is -0.0740. The van der Waals surface area contributed by atoms with Crippen LogP contribution in [0.4, 0.5) is 5.82 Å². The molecule has 1 aromatic carbocycles. The molecule has 3 heterocycles. The largest absolute Gasteiger partial charge is 0.371 e. The molecule has 4 aromatic rings. The van der Waals surface area contributed by atoms with E-state index in [1.54, 1.807) is 6.33 Å². The minimum Gasteiger partial charge on any atom is -0.371 e. The molecule has 0 saturated heterocycles. The Morgan fingerprint density at radius 2 is 2.15 bits per heavy atom. The number of aromatic amines is 1. The van der Waals surface area contributed by atoms with Gasteiger partial charge in [0.15, 0.2) is 5.82 Å². The van der Waals surface area contributed by atoms with E-state index >= 15 is 0 Å². The van der Waals surface area contributed by atoms with Gasteiger partial charge in [0.05, 0.1) is 11.8 Å². The molecule has 0 saturated carbocycles. The number of anilines is 1. The number of nitrogens with one attached hydrogen (secondary N) is 3. The van der Waals surface area contributed by atoms with Gasteiger partial charge >= 0.3 is 0 Å². The Hall–Kier alpha value is -3.35. The lowest BCUT2D eigenvalue weighted by atomic mass is 10.1. The molecular weight excluding hydrogens is 328 g/mol. The monoisotopic (exact) mass is 348 g/mol. The van der Waals surface area contributed by atoms with Crippen LogP contribution in [0.3, 0.4) is 0 Å². The van der Waals surface area contributed by atoms with Gasteiger partial charge in [-0.15, -0.1) is 0 Å². The Morgan fingerprint density at radius 3 is 2.92 bits per heavy atom. The van der Waals surface area contributed by atoms with Crippen molar-refractivity contribution in [2.45, 2.75) is 6.92 Å². The molecule has 0 radical (unpaired) electrons. The summed E-state index contributed by atoms with van der Waals surface area (Å²) >= 11 is 0. The lowest BCUT2D eigenvalue weighted by Gasteiger charge is -2.04. The first-order valence-corrected chi connectivity index (χ1v) is 8.52. The van der Waals surface area contributed by atoms with Crippen molar-refractivity contribution in [2.75, 3.05) is 18.9 Å². The van der Waals surface area contributed by atoms with Crippen LogP contribution in [0.15, 0.2) is 36.7 Å². The van der Waals surface area contributed by atoms with E-state index in [0.29, 0.717) is 12.1 Å². The molecule has 0 spiro atoms. The summed E-state index contributed by atoms with van der Waals surface area (Å²) < 4.78 is 1.99. The van der Waals surface area contributed by atoms with Crippen LogP contribution in [0.2, 0.25) is 0 Å². The highest BCUT2D eigenvalue weighted by molar-refractivity contribution is 6.07. The van der Waals surface area contributed by atoms with Crippen LogP contribution in [-0.4, -0.2) is 39.0 Å². The first kappa shape index (κ1) is 16.1. The van der Waals surface area contributed by atoms with Gasteiger partial charge in [-0.3, -0.25) is 4.79 Å². The van der Waals surface area contributed by atoms with E-state index in [4.69, 9.17) is 0 Å². The second kappa shape index (κ2) is 6.18. The van der Waals surface area contributed by atoms with E-state index < -0.39 is 0 Å². The van der Waals surface area contributed by atoms with Crippen LogP contribution < -0.4 is 10.6 Å². The molecule has 132 valence electrons. The number of hydrogen-bond acceptors (Lipinski definition) is 4. The van der Waals surface area contributed by atoms with Gasteiger partial charge in [-0.25, -0.2) is 9.97 Å². The Kier molecular flexibility index (Phi) is 3.84. The molecule has 7 heteroatoms. The number of rotatable bonds is 4. The number of carbonyl (C=O) groups is 1. The Labute approximate surface area is 150 Å². The molecule has 0 fully saturated rings. The van der Waals surface area contributed by atoms with Crippen LogP contribution in [0.25, 0.3) is 33.3 Å². The fraction of sp³-hybridized carbons (Fsp3) is 0.211. The normalized spacial score (nSPS) is 11.2. The predicted octanol–water partition coefficient (Wildman–Crippen LogP) is 2.91. The maximum Gasteiger partial charge on any atom is 0.251 e. The highest BCUT2D eigenvalue weighted by Crippen LogP contribution is 2.31. The fourth-order valence-electron chi connectivity index (χ4n) is 3.22. The quantitative estimate of drug-likeness (QED) is 0.529. The van der Waals surface area contributed by atoms with Gasteiger partial charge in [-0.2, -0.15) is 0 Å². The van der Waals surface area contributed by atoms with Crippen LogP contribution in [0, 0.1) is 0 Å². The average molecular weight is 348 g/mol. The number of nitrogens with zero attached hydrogens (tertiary/aromatic N) is 3. The van der Waals surface area contributed by atoms with Crippen molar-refractivity contribution < 1.29 is 4.79 Å². The number of H-pyrrole nitrogens is 1. The van der Waals surface area contributed by atoms with Gasteiger partial charge < -0.3 is 20.2 Å². The zero-order chi connectivity index (χ0) is 18.3. The molecule has 1 amide bonds. The number of aromatic nitrogens is 4. The van der Waals surface area contributed by atoms with E-state index in [2.05, 4.69) is 31.7 Å². The predicted molar refractivity (Wildman–Crippen MR) is 103 cm³/mol. The van der Waals surface area contributed by atoms with Crippen molar-refractivity contribution in [3.8, 4) is 11.3 Å². The van der Waals surface area contributed by atoms with Gasteiger partial charge in [-0.05, 0) is 30.7 Å². The second-order valence-electron chi connectivity index (χ2n) is 6.15. The van der Waals surface area contributed by atoms with Gasteiger partial charge in [-0.1, -0.05) is 12.1 Å². The first-order chi connectivity index (χ1) is 12.6. The highest BCUT2D eigenvalue weighted by atomic mass is 16.1. The second-order valence-corrected chi connectivity index (χ2v) is 6.15. The fourth-order valence-corrected chi connectivity index (χ4v) is 3.22. The van der Waals surface area contributed by atoms with Crippen molar-refractivity contribution >= 4 is 33.8 Å². The van der Waals surface area contributed by atoms with Crippen LogP contribution in [0.1, 0.15) is 17.3 Å². The average Bonchev–Trinajstić information content (AvgIpc) is 3.25. The summed E-state index contributed by atoms with van der Waals surface area (Å²) in [6.45, 7) is 2.51. The molecule has 0 bridgehead atoms. The number of amides is 1. The minimum absolute atomic E-state index is 0.0740. The smallest absolute Gasteiger partial charge is 0.251 e. The molecule has 0 aliphatic heterocycles. The topological polar surface area (TPSA) is 87.6 Å². The summed E-state index contributed by atoms with van der Waals surface area (Å²) in [5, 5.41) is 6.93. The molecule has 0 unspecified atom stereocenters. The number of hydrogen-bond donors (Lipinski definition) is 3. The summed E-state index contributed by atoms with van der Waals surface area (Å²) in [6.07, 6.45) is 1.79. The summed E-state index contributed by atoms with van der Waals surface area (Å²) in [4.78, 5) is 24.6. The van der Waals surface area contributed by atoms with Crippen molar-refractivity contribution in [1.29, 1.82) is 0 Å². The zero-order valence-electron chi connectivity index (χ0n) is 14.9. The number of carbonyl (C=O) groups excluding carboxylic acids is 1. The number of fused-ring (bicyclic) bond motifs is 3. The Bertz CT molecular complexity index is 1120. The number of benzene rings is 1. The van der Waals surface area contributed by atoms with Gasteiger partial charge in [0.25, 0.3) is 5.91 Å². The number of imidazole rings is 1. The van der Waals surface area contributed by atoms with Crippen LogP contribution in [-0.2, 0) is 7.05 Å². The van der Waals surface area contributed by atoms with Crippen molar-refractivity contribution in [1.82, 2.24) is 24.8 Å². The summed E-state index contributed by atoms with van der Waals surface area (Å²) in [7, 11) is 3.80.